The Kier molecular flexibility index (Phi) is 4.11. The van der Waals surface area contributed by atoms with E-state index in [1.54, 1.807) is 0 Å². The molecule has 3 nitrogen and oxygen atoms in total. The third-order valence-corrected chi connectivity index (χ3v) is 4.52. The van der Waals surface area contributed by atoms with Gasteiger partial charge in [0.1, 0.15) is 0 Å². The van der Waals surface area contributed by atoms with Crippen LogP contribution in [0, 0.1) is 0 Å². The molecule has 2 rings (SSSR count). The zero-order valence-electron chi connectivity index (χ0n) is 11.7. The highest BCUT2D eigenvalue weighted by atomic mass is 32.1. The molecule has 1 aliphatic rings. The van der Waals surface area contributed by atoms with Gasteiger partial charge in [0.2, 0.25) is 0 Å². The topological polar surface area (TPSA) is 30.5 Å². The lowest BCUT2D eigenvalue weighted by Gasteiger charge is -2.36. The van der Waals surface area contributed by atoms with Crippen LogP contribution in [0.2, 0.25) is 0 Å². The molecule has 0 spiro atoms. The van der Waals surface area contributed by atoms with Crippen LogP contribution >= 0.6 is 11.3 Å². The maximum absolute atomic E-state index is 5.65. The smallest absolute Gasteiger partial charge is 0.162 e. The molecule has 0 radical (unpaired) electrons. The van der Waals surface area contributed by atoms with Crippen LogP contribution in [0.3, 0.4) is 0 Å². The van der Waals surface area contributed by atoms with E-state index < -0.39 is 5.79 Å². The monoisotopic (exact) mass is 269 g/mol. The van der Waals surface area contributed by atoms with Gasteiger partial charge in [0.15, 0.2) is 5.79 Å². The molecule has 0 unspecified atom stereocenters. The highest BCUT2D eigenvalue weighted by molar-refractivity contribution is 7.10. The lowest BCUT2D eigenvalue weighted by molar-refractivity contribution is -0.253. The van der Waals surface area contributed by atoms with Crippen molar-refractivity contribution < 1.29 is 9.47 Å². The van der Waals surface area contributed by atoms with Gasteiger partial charge in [-0.25, -0.2) is 0 Å². The quantitative estimate of drug-likeness (QED) is 0.911. The van der Waals surface area contributed by atoms with Crippen molar-refractivity contribution in [1.29, 1.82) is 0 Å². The Bertz CT molecular complexity index is 363. The van der Waals surface area contributed by atoms with Gasteiger partial charge in [-0.2, -0.15) is 0 Å². The van der Waals surface area contributed by atoms with E-state index in [9.17, 15) is 0 Å². The van der Waals surface area contributed by atoms with Crippen molar-refractivity contribution in [2.75, 3.05) is 19.8 Å². The molecule has 1 aromatic rings. The number of thiophene rings is 1. The van der Waals surface area contributed by atoms with E-state index in [-0.39, 0.29) is 11.5 Å². The zero-order chi connectivity index (χ0) is 13.2. The van der Waals surface area contributed by atoms with Crippen LogP contribution in [-0.4, -0.2) is 31.6 Å². The Morgan fingerprint density at radius 2 is 2.06 bits per heavy atom. The first-order valence-electron chi connectivity index (χ1n) is 6.44. The van der Waals surface area contributed by atoms with Crippen molar-refractivity contribution in [2.24, 2.45) is 0 Å². The lowest BCUT2D eigenvalue weighted by Crippen LogP contribution is -2.50. The van der Waals surface area contributed by atoms with E-state index in [1.807, 2.05) is 25.2 Å². The summed E-state index contributed by atoms with van der Waals surface area (Å²) in [4.78, 5) is 1.41. The molecule has 0 amide bonds. The molecule has 0 saturated carbocycles. The maximum Gasteiger partial charge on any atom is 0.162 e. The average Bonchev–Trinajstić information content (AvgIpc) is 2.81. The molecule has 0 aliphatic carbocycles. The molecular formula is C14H23NO2S. The second-order valence-corrected chi connectivity index (χ2v) is 6.91. The number of nitrogens with one attached hydrogen (secondary N) is 1. The predicted molar refractivity (Wildman–Crippen MR) is 75.1 cm³/mol. The number of hydrogen-bond donors (Lipinski definition) is 1. The van der Waals surface area contributed by atoms with E-state index >= 15 is 0 Å². The Morgan fingerprint density at radius 3 is 2.61 bits per heavy atom. The molecule has 102 valence electrons. The van der Waals surface area contributed by atoms with Crippen LogP contribution in [0.4, 0.5) is 0 Å². The molecular weight excluding hydrogens is 246 g/mol. The van der Waals surface area contributed by atoms with Gasteiger partial charge in [0.05, 0.1) is 19.3 Å². The first-order chi connectivity index (χ1) is 8.39. The van der Waals surface area contributed by atoms with Crippen LogP contribution in [-0.2, 0) is 14.9 Å². The minimum atomic E-state index is -0.429. The van der Waals surface area contributed by atoms with Crippen molar-refractivity contribution in [3.63, 3.8) is 0 Å². The summed E-state index contributed by atoms with van der Waals surface area (Å²) < 4.78 is 11.3. The maximum atomic E-state index is 5.65. The molecule has 1 saturated heterocycles. The summed E-state index contributed by atoms with van der Waals surface area (Å²) in [6, 6.07) is 4.60. The Balaban J connectivity index is 1.82. The van der Waals surface area contributed by atoms with E-state index in [2.05, 4.69) is 36.7 Å². The van der Waals surface area contributed by atoms with E-state index in [4.69, 9.17) is 9.47 Å². The summed E-state index contributed by atoms with van der Waals surface area (Å²) in [5.41, 5.74) is 0.154. The Labute approximate surface area is 113 Å². The SMILES string of the molecule is CC1(C)OCC(NCC(C)(C)c2cccs2)CO1. The van der Waals surface area contributed by atoms with Crippen molar-refractivity contribution in [3.05, 3.63) is 22.4 Å². The van der Waals surface area contributed by atoms with Gasteiger partial charge in [0.25, 0.3) is 0 Å². The standard InChI is InChI=1S/C14H23NO2S/c1-13(2,12-6-5-7-18-12)10-15-11-8-16-14(3,4)17-9-11/h5-7,11,15H,8-10H2,1-4H3. The molecule has 1 aliphatic heterocycles. The zero-order valence-corrected chi connectivity index (χ0v) is 12.5. The van der Waals surface area contributed by atoms with Gasteiger partial charge in [-0.15, -0.1) is 11.3 Å². The fraction of sp³-hybridized carbons (Fsp3) is 0.714. The van der Waals surface area contributed by atoms with Crippen molar-refractivity contribution in [3.8, 4) is 0 Å². The van der Waals surface area contributed by atoms with Gasteiger partial charge in [-0.3, -0.25) is 0 Å². The molecule has 1 fully saturated rings. The summed E-state index contributed by atoms with van der Waals surface area (Å²) in [6.45, 7) is 10.8. The third kappa shape index (κ3) is 3.54. The van der Waals surface area contributed by atoms with E-state index in [0.29, 0.717) is 13.2 Å². The second kappa shape index (κ2) is 5.29. The molecule has 0 atom stereocenters. The van der Waals surface area contributed by atoms with Crippen LogP contribution in [0.1, 0.15) is 32.6 Å². The molecule has 1 N–H and O–H groups in total. The first-order valence-corrected chi connectivity index (χ1v) is 7.32. The summed E-state index contributed by atoms with van der Waals surface area (Å²) in [5, 5.41) is 5.68. The third-order valence-electron chi connectivity index (χ3n) is 3.29. The van der Waals surface area contributed by atoms with Gasteiger partial charge >= 0.3 is 0 Å². The minimum absolute atomic E-state index is 0.154. The molecule has 1 aromatic heterocycles. The normalized spacial score (nSPS) is 21.1. The van der Waals surface area contributed by atoms with Gasteiger partial charge in [-0.1, -0.05) is 19.9 Å². The highest BCUT2D eigenvalue weighted by Crippen LogP contribution is 2.27. The van der Waals surface area contributed by atoms with Gasteiger partial charge in [0, 0.05) is 16.8 Å². The highest BCUT2D eigenvalue weighted by Gasteiger charge is 2.29. The summed E-state index contributed by atoms with van der Waals surface area (Å²) in [7, 11) is 0. The Hall–Kier alpha value is -0.420. The fourth-order valence-electron chi connectivity index (χ4n) is 1.96. The fourth-order valence-corrected chi connectivity index (χ4v) is 2.81. The predicted octanol–water partition coefficient (Wildman–Crippen LogP) is 2.77. The molecule has 0 bridgehead atoms. The Morgan fingerprint density at radius 1 is 1.39 bits per heavy atom. The average molecular weight is 269 g/mol. The minimum Gasteiger partial charge on any atom is -0.349 e. The van der Waals surface area contributed by atoms with Crippen molar-refractivity contribution in [1.82, 2.24) is 5.32 Å². The largest absolute Gasteiger partial charge is 0.349 e. The number of ether oxygens (including phenoxy) is 2. The van der Waals surface area contributed by atoms with Crippen LogP contribution < -0.4 is 5.32 Å². The summed E-state index contributed by atoms with van der Waals surface area (Å²) in [5.74, 6) is -0.429. The first kappa shape index (κ1) is 14.0. The van der Waals surface area contributed by atoms with Crippen LogP contribution in [0.5, 0.6) is 0 Å². The molecule has 4 heteroatoms. The van der Waals surface area contributed by atoms with E-state index in [1.165, 1.54) is 4.88 Å². The summed E-state index contributed by atoms with van der Waals surface area (Å²) >= 11 is 1.81. The number of hydrogen-bond acceptors (Lipinski definition) is 4. The molecule has 18 heavy (non-hydrogen) atoms. The lowest BCUT2D eigenvalue weighted by atomic mass is 9.91. The number of rotatable bonds is 4. The van der Waals surface area contributed by atoms with Crippen molar-refractivity contribution in [2.45, 2.75) is 44.9 Å². The van der Waals surface area contributed by atoms with Gasteiger partial charge < -0.3 is 14.8 Å². The summed E-state index contributed by atoms with van der Waals surface area (Å²) in [6.07, 6.45) is 0. The molecule has 2 heterocycles. The van der Waals surface area contributed by atoms with E-state index in [0.717, 1.165) is 6.54 Å². The second-order valence-electron chi connectivity index (χ2n) is 5.96. The van der Waals surface area contributed by atoms with Crippen molar-refractivity contribution >= 4 is 11.3 Å². The molecule has 0 aromatic carbocycles. The van der Waals surface area contributed by atoms with Crippen LogP contribution in [0.25, 0.3) is 0 Å². The van der Waals surface area contributed by atoms with Crippen LogP contribution in [0.15, 0.2) is 17.5 Å². The van der Waals surface area contributed by atoms with Gasteiger partial charge in [-0.05, 0) is 25.3 Å².